The maximum Gasteiger partial charge on any atom is 0.260 e. The average Bonchev–Trinajstić information content (AvgIpc) is 2.83. The molecular formula is C17H17Cl2N3O2S2. The second kappa shape index (κ2) is 5.96. The molecule has 0 N–H and O–H groups in total. The largest absolute Gasteiger partial charge is 0.320 e. The number of benzene rings is 1. The summed E-state index contributed by atoms with van der Waals surface area (Å²) in [6.07, 6.45) is 0.0866. The molecule has 4 atom stereocenters. The van der Waals surface area contributed by atoms with Gasteiger partial charge in [-0.25, -0.2) is 0 Å². The summed E-state index contributed by atoms with van der Waals surface area (Å²) in [6.45, 7) is 3.27. The van der Waals surface area contributed by atoms with Gasteiger partial charge in [0.15, 0.2) is 9.74 Å². The van der Waals surface area contributed by atoms with Crippen molar-refractivity contribution in [3.05, 3.63) is 33.8 Å². The van der Waals surface area contributed by atoms with Crippen LogP contribution in [0.2, 0.25) is 10.0 Å². The van der Waals surface area contributed by atoms with E-state index in [4.69, 9.17) is 23.2 Å². The molecule has 2 amide bonds. The maximum atomic E-state index is 13.3. The highest BCUT2D eigenvalue weighted by Gasteiger charge is 2.68. The number of hydrogen-bond donors (Lipinski definition) is 2. The fraction of sp³-hybridized carbons (Fsp3) is 0.471. The number of piperazine rings is 1. The lowest BCUT2D eigenvalue weighted by Crippen LogP contribution is -2.69. The van der Waals surface area contributed by atoms with Crippen molar-refractivity contribution in [2.75, 3.05) is 7.05 Å². The number of carbonyl (C=O) groups excluding carboxylic acids is 2. The summed E-state index contributed by atoms with van der Waals surface area (Å²) < 4.78 is 0. The lowest BCUT2D eigenvalue weighted by Gasteiger charge is -2.50. The third-order valence-corrected chi connectivity index (χ3v) is 7.11. The van der Waals surface area contributed by atoms with Gasteiger partial charge in [-0.15, -0.1) is 25.3 Å². The zero-order valence-corrected chi connectivity index (χ0v) is 17.6. The Morgan fingerprint density at radius 1 is 1.19 bits per heavy atom. The molecule has 0 unspecified atom stereocenters. The number of likely N-dealkylation sites (N-methyl/N-ethyl adjacent to an activating group) is 1. The van der Waals surface area contributed by atoms with Crippen LogP contribution in [0.15, 0.2) is 18.2 Å². The van der Waals surface area contributed by atoms with E-state index in [0.29, 0.717) is 15.6 Å². The molecule has 0 saturated carbocycles. The summed E-state index contributed by atoms with van der Waals surface area (Å²) >= 11 is 21.2. The molecule has 5 nitrogen and oxygen atoms in total. The summed E-state index contributed by atoms with van der Waals surface area (Å²) in [5, 5.41) is 10.6. The van der Waals surface area contributed by atoms with Crippen LogP contribution in [-0.2, 0) is 9.59 Å². The van der Waals surface area contributed by atoms with Crippen molar-refractivity contribution < 1.29 is 9.59 Å². The van der Waals surface area contributed by atoms with Crippen molar-refractivity contribution in [3.8, 4) is 6.07 Å². The Balaban J connectivity index is 2.25. The first-order valence-electron chi connectivity index (χ1n) is 7.83. The molecule has 1 aromatic rings. The Kier molecular flexibility index (Phi) is 4.52. The average molecular weight is 430 g/mol. The number of thiol groups is 2. The van der Waals surface area contributed by atoms with E-state index < -0.39 is 27.1 Å². The van der Waals surface area contributed by atoms with Crippen LogP contribution >= 0.6 is 48.5 Å². The molecule has 2 saturated heterocycles. The van der Waals surface area contributed by atoms with E-state index in [1.807, 2.05) is 0 Å². The Morgan fingerprint density at radius 3 is 2.35 bits per heavy atom. The van der Waals surface area contributed by atoms with Crippen LogP contribution in [0.4, 0.5) is 0 Å². The second-order valence-corrected chi connectivity index (χ2v) is 9.58. The molecule has 0 bridgehead atoms. The van der Waals surface area contributed by atoms with Crippen LogP contribution in [0.25, 0.3) is 0 Å². The molecule has 2 fully saturated rings. The molecule has 1 aromatic carbocycles. The van der Waals surface area contributed by atoms with Gasteiger partial charge < -0.3 is 9.80 Å². The van der Waals surface area contributed by atoms with E-state index in [1.54, 1.807) is 32.0 Å². The molecule has 26 heavy (non-hydrogen) atoms. The fourth-order valence-electron chi connectivity index (χ4n) is 3.79. The van der Waals surface area contributed by atoms with Crippen LogP contribution < -0.4 is 0 Å². The number of fused-ring (bicyclic) bond motifs is 1. The Bertz CT molecular complexity index is 872. The van der Waals surface area contributed by atoms with Gasteiger partial charge in [0.25, 0.3) is 11.8 Å². The Morgan fingerprint density at radius 2 is 1.81 bits per heavy atom. The molecular weight excluding hydrogens is 413 g/mol. The SMILES string of the molecule is CN1C(=O)[C@]2(S)C[C@](C)(C#N)[C@H](c3ccc(Cl)c(Cl)c3)N2C(=O)[C@@]1(C)S. The van der Waals surface area contributed by atoms with Crippen molar-refractivity contribution in [2.45, 2.75) is 36.1 Å². The van der Waals surface area contributed by atoms with Gasteiger partial charge in [-0.2, -0.15) is 5.26 Å². The minimum Gasteiger partial charge on any atom is -0.320 e. The van der Waals surface area contributed by atoms with Crippen LogP contribution in [-0.4, -0.2) is 38.4 Å². The zero-order valence-electron chi connectivity index (χ0n) is 14.3. The van der Waals surface area contributed by atoms with E-state index >= 15 is 0 Å². The molecule has 9 heteroatoms. The predicted molar refractivity (Wildman–Crippen MR) is 106 cm³/mol. The lowest BCUT2D eigenvalue weighted by atomic mass is 9.79. The van der Waals surface area contributed by atoms with Crippen molar-refractivity contribution in [2.24, 2.45) is 5.41 Å². The van der Waals surface area contributed by atoms with E-state index in [9.17, 15) is 14.9 Å². The second-order valence-electron chi connectivity index (χ2n) is 7.16. The third-order valence-electron chi connectivity index (χ3n) is 5.31. The number of amides is 2. The monoisotopic (exact) mass is 429 g/mol. The van der Waals surface area contributed by atoms with Gasteiger partial charge in [0.05, 0.1) is 27.6 Å². The summed E-state index contributed by atoms with van der Waals surface area (Å²) in [4.78, 5) is 26.2. The maximum absolute atomic E-state index is 13.3. The first-order valence-corrected chi connectivity index (χ1v) is 9.48. The fourth-order valence-corrected chi connectivity index (χ4v) is 4.98. The first kappa shape index (κ1) is 19.7. The molecule has 138 valence electrons. The highest BCUT2D eigenvalue weighted by molar-refractivity contribution is 7.83. The summed E-state index contributed by atoms with van der Waals surface area (Å²) in [6, 6.07) is 6.50. The number of rotatable bonds is 1. The smallest absolute Gasteiger partial charge is 0.260 e. The molecule has 0 aliphatic carbocycles. The van der Waals surface area contributed by atoms with Gasteiger partial charge in [0.1, 0.15) is 0 Å². The van der Waals surface area contributed by atoms with Gasteiger partial charge in [0, 0.05) is 13.5 Å². The van der Waals surface area contributed by atoms with Crippen LogP contribution in [0.5, 0.6) is 0 Å². The van der Waals surface area contributed by atoms with Gasteiger partial charge in [-0.3, -0.25) is 9.59 Å². The Labute approximate surface area is 173 Å². The van der Waals surface area contributed by atoms with Crippen molar-refractivity contribution in [1.29, 1.82) is 5.26 Å². The van der Waals surface area contributed by atoms with Crippen LogP contribution in [0, 0.1) is 16.7 Å². The number of nitriles is 1. The topological polar surface area (TPSA) is 64.4 Å². The minimum absolute atomic E-state index is 0.0866. The quantitative estimate of drug-likeness (QED) is 0.670. The summed E-state index contributed by atoms with van der Waals surface area (Å²) in [5.74, 6) is -0.769. The minimum atomic E-state index is -1.44. The molecule has 2 aliphatic rings. The lowest BCUT2D eigenvalue weighted by molar-refractivity contribution is -0.163. The zero-order chi connectivity index (χ0) is 19.7. The van der Waals surface area contributed by atoms with E-state index in [-0.39, 0.29) is 12.3 Å². The molecule has 3 rings (SSSR count). The molecule has 0 aromatic heterocycles. The van der Waals surface area contributed by atoms with Gasteiger partial charge in [-0.05, 0) is 31.5 Å². The Hall–Kier alpha value is -1.07. The van der Waals surface area contributed by atoms with Crippen LogP contribution in [0.1, 0.15) is 31.9 Å². The van der Waals surface area contributed by atoms with Crippen molar-refractivity contribution >= 4 is 60.3 Å². The first-order chi connectivity index (χ1) is 11.9. The normalized spacial score (nSPS) is 36.9. The van der Waals surface area contributed by atoms with Gasteiger partial charge in [-0.1, -0.05) is 29.3 Å². The van der Waals surface area contributed by atoms with Crippen molar-refractivity contribution in [1.82, 2.24) is 9.80 Å². The number of carbonyl (C=O) groups is 2. The highest BCUT2D eigenvalue weighted by atomic mass is 35.5. The van der Waals surface area contributed by atoms with E-state index in [1.165, 1.54) is 16.8 Å². The predicted octanol–water partition coefficient (Wildman–Crippen LogP) is 3.54. The highest BCUT2D eigenvalue weighted by Crippen LogP contribution is 2.59. The van der Waals surface area contributed by atoms with Crippen molar-refractivity contribution in [3.63, 3.8) is 0 Å². The number of hydrogen-bond acceptors (Lipinski definition) is 5. The van der Waals surface area contributed by atoms with Gasteiger partial charge in [0.2, 0.25) is 0 Å². The van der Waals surface area contributed by atoms with E-state index in [2.05, 4.69) is 31.3 Å². The molecule has 2 aliphatic heterocycles. The number of nitrogens with zero attached hydrogens (tertiary/aromatic N) is 3. The molecule has 0 radical (unpaired) electrons. The summed E-state index contributed by atoms with van der Waals surface area (Å²) in [7, 11) is 1.51. The molecule has 0 spiro atoms. The van der Waals surface area contributed by atoms with Crippen LogP contribution in [0.3, 0.4) is 0 Å². The molecule has 2 heterocycles. The number of halogens is 2. The standard InChI is InChI=1S/C17H17Cl2N3O2S2/c1-15(8-20)7-17(26)14(24)21(3)16(2,25)13(23)22(17)12(15)9-4-5-10(18)11(19)6-9/h4-6,12,25-26H,7H2,1-3H3/t12-,15+,16+,17+/m0/s1. The van der Waals surface area contributed by atoms with Gasteiger partial charge >= 0.3 is 0 Å². The summed E-state index contributed by atoms with van der Waals surface area (Å²) in [5.41, 5.74) is -0.423. The van der Waals surface area contributed by atoms with E-state index in [0.717, 1.165) is 0 Å². The third kappa shape index (κ3) is 2.46.